The van der Waals surface area contributed by atoms with Crippen molar-refractivity contribution in [1.29, 1.82) is 0 Å². The molecule has 1 heterocycles. The van der Waals surface area contributed by atoms with Crippen LogP contribution in [0.4, 0.5) is 0 Å². The Bertz CT molecular complexity index is 428. The highest BCUT2D eigenvalue weighted by Gasteiger charge is 2.27. The quantitative estimate of drug-likeness (QED) is 0.932. The van der Waals surface area contributed by atoms with Gasteiger partial charge in [-0.25, -0.2) is 0 Å². The van der Waals surface area contributed by atoms with Gasteiger partial charge in [-0.15, -0.1) is 0 Å². The topological polar surface area (TPSA) is 41.6 Å². The van der Waals surface area contributed by atoms with E-state index in [1.165, 1.54) is 5.56 Å². The second kappa shape index (κ2) is 5.08. The minimum atomic E-state index is 0.287. The molecule has 3 nitrogen and oxygen atoms in total. The summed E-state index contributed by atoms with van der Waals surface area (Å²) in [6.07, 6.45) is 0. The molecule has 0 aliphatic carbocycles. The maximum atomic E-state index is 5.96. The van der Waals surface area contributed by atoms with Crippen LogP contribution >= 0.6 is 15.9 Å². The summed E-state index contributed by atoms with van der Waals surface area (Å²) in [4.78, 5) is 6.56. The van der Waals surface area contributed by atoms with Crippen LogP contribution in [0.25, 0.3) is 0 Å². The van der Waals surface area contributed by atoms with Crippen LogP contribution in [0.15, 0.2) is 33.7 Å². The first-order chi connectivity index (χ1) is 8.08. The van der Waals surface area contributed by atoms with Gasteiger partial charge in [0, 0.05) is 11.0 Å². The smallest absolute Gasteiger partial charge is 0.191 e. The first-order valence-corrected chi connectivity index (χ1v) is 6.69. The molecule has 0 fully saturated rings. The van der Waals surface area contributed by atoms with Gasteiger partial charge in [0.25, 0.3) is 0 Å². The third-order valence-electron chi connectivity index (χ3n) is 2.89. The molecule has 92 valence electrons. The molecule has 0 saturated heterocycles. The molecule has 1 aliphatic rings. The van der Waals surface area contributed by atoms with Crippen molar-refractivity contribution in [2.45, 2.75) is 19.9 Å². The van der Waals surface area contributed by atoms with Gasteiger partial charge in [-0.1, -0.05) is 41.9 Å². The van der Waals surface area contributed by atoms with Gasteiger partial charge in [-0.3, -0.25) is 4.99 Å². The van der Waals surface area contributed by atoms with E-state index in [1.54, 1.807) is 0 Å². The number of rotatable bonds is 3. The molecule has 0 aromatic heterocycles. The van der Waals surface area contributed by atoms with Crippen LogP contribution < -0.4 is 5.73 Å². The normalized spacial score (nSPS) is 19.9. The van der Waals surface area contributed by atoms with Gasteiger partial charge in [0.05, 0.1) is 12.6 Å². The Morgan fingerprint density at radius 3 is 2.94 bits per heavy atom. The Hall–Kier alpha value is -1.03. The van der Waals surface area contributed by atoms with Crippen molar-refractivity contribution in [3.05, 3.63) is 34.3 Å². The van der Waals surface area contributed by atoms with Crippen LogP contribution in [-0.4, -0.2) is 23.9 Å². The molecule has 17 heavy (non-hydrogen) atoms. The number of aliphatic imine (C=N–C) groups is 1. The highest BCUT2D eigenvalue weighted by Crippen LogP contribution is 2.28. The summed E-state index contributed by atoms with van der Waals surface area (Å²) in [6, 6.07) is 8.66. The summed E-state index contributed by atoms with van der Waals surface area (Å²) in [7, 11) is 0. The van der Waals surface area contributed by atoms with Crippen molar-refractivity contribution >= 4 is 21.9 Å². The Morgan fingerprint density at radius 2 is 2.29 bits per heavy atom. The molecule has 1 unspecified atom stereocenters. The van der Waals surface area contributed by atoms with E-state index in [0.29, 0.717) is 11.9 Å². The molecule has 2 rings (SSSR count). The number of nitrogens with two attached hydrogens (primary N) is 1. The van der Waals surface area contributed by atoms with E-state index in [1.807, 2.05) is 6.07 Å². The van der Waals surface area contributed by atoms with Gasteiger partial charge in [-0.2, -0.15) is 0 Å². The summed E-state index contributed by atoms with van der Waals surface area (Å²) in [6.45, 7) is 6.11. The van der Waals surface area contributed by atoms with E-state index in [9.17, 15) is 0 Å². The molecule has 0 amide bonds. The highest BCUT2D eigenvalue weighted by molar-refractivity contribution is 9.10. The van der Waals surface area contributed by atoms with Crippen LogP contribution in [0.1, 0.15) is 25.5 Å². The van der Waals surface area contributed by atoms with Crippen molar-refractivity contribution in [2.75, 3.05) is 13.1 Å². The molecule has 0 spiro atoms. The lowest BCUT2D eigenvalue weighted by molar-refractivity contribution is 0.309. The standard InChI is InChI=1S/C13H18BrN3/c1-9(2)8-17-12(7-16-13(17)15)10-4-3-5-11(14)6-10/h3-6,9,12H,7-8H2,1-2H3,(H2,15,16). The summed E-state index contributed by atoms with van der Waals surface area (Å²) >= 11 is 3.51. The average molecular weight is 296 g/mol. The summed E-state index contributed by atoms with van der Waals surface area (Å²) in [5.41, 5.74) is 7.23. The molecule has 1 aromatic rings. The second-order valence-corrected chi connectivity index (χ2v) is 5.73. The lowest BCUT2D eigenvalue weighted by Crippen LogP contribution is -2.38. The number of guanidine groups is 1. The fourth-order valence-electron chi connectivity index (χ4n) is 2.14. The van der Waals surface area contributed by atoms with Crippen LogP contribution in [-0.2, 0) is 0 Å². The Morgan fingerprint density at radius 1 is 1.53 bits per heavy atom. The minimum absolute atomic E-state index is 0.287. The zero-order valence-electron chi connectivity index (χ0n) is 10.2. The maximum Gasteiger partial charge on any atom is 0.191 e. The van der Waals surface area contributed by atoms with Crippen molar-refractivity contribution in [1.82, 2.24) is 4.90 Å². The molecule has 0 radical (unpaired) electrons. The number of halogens is 1. The summed E-state index contributed by atoms with van der Waals surface area (Å²) in [5, 5.41) is 0. The molecule has 0 bridgehead atoms. The lowest BCUT2D eigenvalue weighted by atomic mass is 10.1. The molecule has 4 heteroatoms. The van der Waals surface area contributed by atoms with Gasteiger partial charge in [-0.05, 0) is 23.6 Å². The average Bonchev–Trinajstić information content (AvgIpc) is 2.60. The fraction of sp³-hybridized carbons (Fsp3) is 0.462. The highest BCUT2D eigenvalue weighted by atomic mass is 79.9. The van der Waals surface area contributed by atoms with Crippen molar-refractivity contribution in [3.8, 4) is 0 Å². The molecule has 1 aromatic carbocycles. The third-order valence-corrected chi connectivity index (χ3v) is 3.39. The van der Waals surface area contributed by atoms with Crippen molar-refractivity contribution in [2.24, 2.45) is 16.6 Å². The largest absolute Gasteiger partial charge is 0.370 e. The van der Waals surface area contributed by atoms with Crippen molar-refractivity contribution in [3.63, 3.8) is 0 Å². The van der Waals surface area contributed by atoms with Crippen LogP contribution in [0.3, 0.4) is 0 Å². The van der Waals surface area contributed by atoms with Crippen LogP contribution in [0.2, 0.25) is 0 Å². The monoisotopic (exact) mass is 295 g/mol. The number of nitrogens with zero attached hydrogens (tertiary/aromatic N) is 2. The fourth-order valence-corrected chi connectivity index (χ4v) is 2.56. The molecule has 1 atom stereocenters. The van der Waals surface area contributed by atoms with E-state index < -0.39 is 0 Å². The first-order valence-electron chi connectivity index (χ1n) is 5.90. The van der Waals surface area contributed by atoms with Gasteiger partial charge in [0.15, 0.2) is 5.96 Å². The molecule has 2 N–H and O–H groups in total. The zero-order valence-corrected chi connectivity index (χ0v) is 11.8. The zero-order chi connectivity index (χ0) is 12.4. The van der Waals surface area contributed by atoms with Gasteiger partial charge in [0.1, 0.15) is 0 Å². The predicted octanol–water partition coefficient (Wildman–Crippen LogP) is 2.78. The summed E-state index contributed by atoms with van der Waals surface area (Å²) < 4.78 is 1.10. The van der Waals surface area contributed by atoms with Crippen LogP contribution in [0, 0.1) is 5.92 Å². The molecule has 1 aliphatic heterocycles. The SMILES string of the molecule is CC(C)CN1C(N)=NCC1c1cccc(Br)c1. The van der Waals surface area contributed by atoms with E-state index in [4.69, 9.17) is 5.73 Å². The van der Waals surface area contributed by atoms with E-state index >= 15 is 0 Å². The predicted molar refractivity (Wildman–Crippen MR) is 74.9 cm³/mol. The summed E-state index contributed by atoms with van der Waals surface area (Å²) in [5.74, 6) is 1.25. The second-order valence-electron chi connectivity index (χ2n) is 4.82. The lowest BCUT2D eigenvalue weighted by Gasteiger charge is -2.28. The minimum Gasteiger partial charge on any atom is -0.370 e. The molecular weight excluding hydrogens is 278 g/mol. The Labute approximate surface area is 111 Å². The third kappa shape index (κ3) is 2.80. The van der Waals surface area contributed by atoms with Gasteiger partial charge in [0.2, 0.25) is 0 Å². The van der Waals surface area contributed by atoms with E-state index in [-0.39, 0.29) is 6.04 Å². The van der Waals surface area contributed by atoms with E-state index in [0.717, 1.165) is 17.6 Å². The van der Waals surface area contributed by atoms with Gasteiger partial charge >= 0.3 is 0 Å². The Balaban J connectivity index is 2.21. The van der Waals surface area contributed by atoms with Gasteiger partial charge < -0.3 is 10.6 Å². The number of benzene rings is 1. The maximum absolute atomic E-state index is 5.96. The van der Waals surface area contributed by atoms with E-state index in [2.05, 4.69) is 57.9 Å². The number of hydrogen-bond donors (Lipinski definition) is 1. The first kappa shape index (κ1) is 12.4. The van der Waals surface area contributed by atoms with Crippen LogP contribution in [0.5, 0.6) is 0 Å². The molecular formula is C13H18BrN3. The van der Waals surface area contributed by atoms with Crippen molar-refractivity contribution < 1.29 is 0 Å². The Kier molecular flexibility index (Phi) is 3.72. The number of hydrogen-bond acceptors (Lipinski definition) is 3. The molecule has 0 saturated carbocycles.